The molecule has 5 aromatic rings. The summed E-state index contributed by atoms with van der Waals surface area (Å²) in [6.07, 6.45) is 1.77. The highest BCUT2D eigenvalue weighted by Crippen LogP contribution is 2.55. The standard InChI is InChI=1S/C29H26N4O3/c1-29(2)20-14-17(26-19(15-30-32-26)28-31-22-9-5-7-11-25(22)36-28)12-13-23(20)33(34-3)27-18-8-4-6-10-24(18)35-16-21(27)29/h4-15,21,27H,16H2,1-3H3,(H,30,32)/t21-,27+/m0/s1. The Labute approximate surface area is 208 Å². The zero-order valence-electron chi connectivity index (χ0n) is 20.4. The van der Waals surface area contributed by atoms with Gasteiger partial charge in [-0.15, -0.1) is 0 Å². The molecule has 2 aromatic heterocycles. The van der Waals surface area contributed by atoms with E-state index in [0.29, 0.717) is 12.5 Å². The number of para-hydroxylation sites is 3. The van der Waals surface area contributed by atoms with Crippen molar-refractivity contribution in [2.45, 2.75) is 25.3 Å². The van der Waals surface area contributed by atoms with Crippen molar-refractivity contribution in [2.24, 2.45) is 5.92 Å². The highest BCUT2D eigenvalue weighted by atomic mass is 16.7. The second kappa shape index (κ2) is 7.70. The highest BCUT2D eigenvalue weighted by Gasteiger charge is 2.50. The van der Waals surface area contributed by atoms with Crippen LogP contribution in [0.2, 0.25) is 0 Å². The Balaban J connectivity index is 1.36. The Hall–Kier alpha value is -4.10. The Morgan fingerprint density at radius 3 is 2.75 bits per heavy atom. The van der Waals surface area contributed by atoms with Gasteiger partial charge in [0, 0.05) is 22.5 Å². The molecule has 7 nitrogen and oxygen atoms in total. The molecular weight excluding hydrogens is 452 g/mol. The van der Waals surface area contributed by atoms with E-state index in [9.17, 15) is 0 Å². The quantitative estimate of drug-likeness (QED) is 0.328. The zero-order chi connectivity index (χ0) is 24.4. The van der Waals surface area contributed by atoms with Gasteiger partial charge in [0.2, 0.25) is 5.89 Å². The molecule has 7 rings (SSSR count). The average Bonchev–Trinajstić information content (AvgIpc) is 3.56. The van der Waals surface area contributed by atoms with Crippen LogP contribution in [-0.2, 0) is 10.3 Å². The summed E-state index contributed by atoms with van der Waals surface area (Å²) in [5.41, 5.74) is 7.55. The number of oxazole rings is 1. The van der Waals surface area contributed by atoms with Crippen LogP contribution in [0.25, 0.3) is 33.8 Å². The molecule has 0 amide bonds. The third kappa shape index (κ3) is 2.96. The van der Waals surface area contributed by atoms with Gasteiger partial charge in [0.1, 0.15) is 11.3 Å². The number of hydrogen-bond acceptors (Lipinski definition) is 6. The lowest BCUT2D eigenvalue weighted by atomic mass is 9.65. The number of ether oxygens (including phenoxy) is 1. The first-order valence-corrected chi connectivity index (χ1v) is 12.2. The smallest absolute Gasteiger partial charge is 0.231 e. The summed E-state index contributed by atoms with van der Waals surface area (Å²) in [5, 5.41) is 9.56. The van der Waals surface area contributed by atoms with Gasteiger partial charge in [0.15, 0.2) is 5.58 Å². The Kier molecular flexibility index (Phi) is 4.53. The molecule has 4 heterocycles. The van der Waals surface area contributed by atoms with Crippen molar-refractivity contribution < 1.29 is 14.0 Å². The van der Waals surface area contributed by atoms with Crippen LogP contribution >= 0.6 is 0 Å². The number of H-pyrrole nitrogens is 1. The maximum atomic E-state index is 6.23. The molecule has 1 N–H and O–H groups in total. The second-order valence-corrected chi connectivity index (χ2v) is 10.0. The fraction of sp³-hybridized carbons (Fsp3) is 0.241. The van der Waals surface area contributed by atoms with E-state index in [1.54, 1.807) is 13.3 Å². The van der Waals surface area contributed by atoms with Gasteiger partial charge in [-0.1, -0.05) is 50.2 Å². The van der Waals surface area contributed by atoms with E-state index in [1.807, 2.05) is 41.5 Å². The Morgan fingerprint density at radius 2 is 1.89 bits per heavy atom. The number of aromatic amines is 1. The molecule has 2 atom stereocenters. The van der Waals surface area contributed by atoms with E-state index in [4.69, 9.17) is 14.0 Å². The molecule has 36 heavy (non-hydrogen) atoms. The van der Waals surface area contributed by atoms with Crippen molar-refractivity contribution in [3.63, 3.8) is 0 Å². The minimum atomic E-state index is -0.170. The third-order valence-corrected chi connectivity index (χ3v) is 7.79. The van der Waals surface area contributed by atoms with Crippen molar-refractivity contribution >= 4 is 16.8 Å². The normalized spacial score (nSPS) is 19.9. The lowest BCUT2D eigenvalue weighted by Crippen LogP contribution is -2.51. The molecule has 0 aliphatic carbocycles. The van der Waals surface area contributed by atoms with Crippen LogP contribution in [0.1, 0.15) is 31.0 Å². The highest BCUT2D eigenvalue weighted by molar-refractivity contribution is 5.82. The second-order valence-electron chi connectivity index (χ2n) is 10.0. The van der Waals surface area contributed by atoms with Gasteiger partial charge in [-0.3, -0.25) is 9.94 Å². The predicted octanol–water partition coefficient (Wildman–Crippen LogP) is 6.29. The Morgan fingerprint density at radius 1 is 1.06 bits per heavy atom. The number of hydrogen-bond donors (Lipinski definition) is 1. The van der Waals surface area contributed by atoms with E-state index < -0.39 is 0 Å². The van der Waals surface area contributed by atoms with Crippen molar-refractivity contribution in [1.29, 1.82) is 0 Å². The number of hydroxylamine groups is 1. The summed E-state index contributed by atoms with van der Waals surface area (Å²) < 4.78 is 12.3. The van der Waals surface area contributed by atoms with E-state index >= 15 is 0 Å². The molecule has 0 fully saturated rings. The summed E-state index contributed by atoms with van der Waals surface area (Å²) in [6, 6.07) is 22.6. The topological polar surface area (TPSA) is 76.4 Å². The van der Waals surface area contributed by atoms with Crippen molar-refractivity contribution in [1.82, 2.24) is 15.2 Å². The number of nitrogens with zero attached hydrogens (tertiary/aromatic N) is 3. The van der Waals surface area contributed by atoms with Crippen LogP contribution in [0.4, 0.5) is 5.69 Å². The number of rotatable bonds is 3. The minimum Gasteiger partial charge on any atom is -0.493 e. The van der Waals surface area contributed by atoms with Gasteiger partial charge in [-0.05, 0) is 35.9 Å². The van der Waals surface area contributed by atoms with Gasteiger partial charge in [-0.2, -0.15) is 5.10 Å². The van der Waals surface area contributed by atoms with Gasteiger partial charge < -0.3 is 9.15 Å². The van der Waals surface area contributed by atoms with Gasteiger partial charge in [-0.25, -0.2) is 10.0 Å². The lowest BCUT2D eigenvalue weighted by molar-refractivity contribution is 0.0442. The van der Waals surface area contributed by atoms with Gasteiger partial charge >= 0.3 is 0 Å². The number of anilines is 1. The number of benzene rings is 3. The van der Waals surface area contributed by atoms with E-state index in [0.717, 1.165) is 44.9 Å². The van der Waals surface area contributed by atoms with Crippen molar-refractivity contribution in [2.75, 3.05) is 18.8 Å². The predicted molar refractivity (Wildman–Crippen MR) is 138 cm³/mol. The molecule has 2 aliphatic heterocycles. The van der Waals surface area contributed by atoms with Crippen LogP contribution < -0.4 is 9.80 Å². The number of nitrogens with one attached hydrogen (secondary N) is 1. The molecule has 3 aromatic carbocycles. The monoisotopic (exact) mass is 478 g/mol. The van der Waals surface area contributed by atoms with Crippen LogP contribution in [0.15, 0.2) is 77.3 Å². The molecule has 7 heteroatoms. The first-order valence-electron chi connectivity index (χ1n) is 12.2. The van der Waals surface area contributed by atoms with Gasteiger partial charge in [0.25, 0.3) is 0 Å². The summed E-state index contributed by atoms with van der Waals surface area (Å²) >= 11 is 0. The van der Waals surface area contributed by atoms with Crippen LogP contribution in [-0.4, -0.2) is 28.9 Å². The summed E-state index contributed by atoms with van der Waals surface area (Å²) in [6.45, 7) is 5.22. The molecule has 0 saturated carbocycles. The molecule has 0 spiro atoms. The Bertz CT molecular complexity index is 1570. The molecule has 2 aliphatic rings. The molecule has 0 saturated heterocycles. The molecule has 180 valence electrons. The third-order valence-electron chi connectivity index (χ3n) is 7.79. The zero-order valence-corrected chi connectivity index (χ0v) is 20.4. The van der Waals surface area contributed by atoms with Crippen LogP contribution in [0.5, 0.6) is 5.75 Å². The molecule has 0 radical (unpaired) electrons. The van der Waals surface area contributed by atoms with Gasteiger partial charge in [0.05, 0.1) is 42.9 Å². The first-order chi connectivity index (χ1) is 17.6. The maximum absolute atomic E-state index is 6.23. The van der Waals surface area contributed by atoms with Crippen LogP contribution in [0, 0.1) is 5.92 Å². The average molecular weight is 479 g/mol. The molecule has 0 bridgehead atoms. The van der Waals surface area contributed by atoms with E-state index in [2.05, 4.69) is 59.4 Å². The largest absolute Gasteiger partial charge is 0.493 e. The molecule has 0 unspecified atom stereocenters. The van der Waals surface area contributed by atoms with E-state index in [1.165, 1.54) is 5.56 Å². The summed E-state index contributed by atoms with van der Waals surface area (Å²) in [4.78, 5) is 10.7. The first kappa shape index (κ1) is 21.2. The van der Waals surface area contributed by atoms with Crippen molar-refractivity contribution in [3.8, 4) is 28.5 Å². The fourth-order valence-corrected chi connectivity index (χ4v) is 5.85. The summed E-state index contributed by atoms with van der Waals surface area (Å²) in [7, 11) is 1.74. The number of fused-ring (bicyclic) bond motifs is 5. The number of aromatic nitrogens is 3. The SMILES string of the molecule is CON1c2ccc(-c3[nH]ncc3-c3nc4ccccc4o3)cc2C(C)(C)[C@H]2COc3ccccc3[C@H]21. The van der Waals surface area contributed by atoms with Crippen LogP contribution in [0.3, 0.4) is 0 Å². The minimum absolute atomic E-state index is 0.0655. The van der Waals surface area contributed by atoms with Crippen molar-refractivity contribution in [3.05, 3.63) is 84.1 Å². The fourth-order valence-electron chi connectivity index (χ4n) is 5.85. The van der Waals surface area contributed by atoms with E-state index in [-0.39, 0.29) is 17.4 Å². The maximum Gasteiger partial charge on any atom is 0.231 e. The molecular formula is C29H26N4O3. The summed E-state index contributed by atoms with van der Waals surface area (Å²) in [5.74, 6) is 1.68. The lowest BCUT2D eigenvalue weighted by Gasteiger charge is -2.52.